The number of methoxy groups -OCH3 is 1. The molecule has 1 unspecified atom stereocenters. The number of fused-ring (bicyclic) bond motifs is 1. The van der Waals surface area contributed by atoms with Gasteiger partial charge in [-0.15, -0.1) is 0 Å². The third-order valence-electron chi connectivity index (χ3n) is 4.63. The number of aryl methyl sites for hydroxylation is 1. The summed E-state index contributed by atoms with van der Waals surface area (Å²) in [5.41, 5.74) is 4.13. The first-order chi connectivity index (χ1) is 11.6. The molecule has 0 spiro atoms. The number of nitrogens with one attached hydrogen (secondary N) is 2. The average Bonchev–Trinajstić information content (AvgIpc) is 3.19. The normalized spacial score (nSPS) is 20.8. The molecule has 0 bridgehead atoms. The van der Waals surface area contributed by atoms with Gasteiger partial charge in [0.05, 0.1) is 35.2 Å². The van der Waals surface area contributed by atoms with Crippen LogP contribution in [0.3, 0.4) is 0 Å². The zero-order valence-corrected chi connectivity index (χ0v) is 13.5. The van der Waals surface area contributed by atoms with Gasteiger partial charge >= 0.3 is 5.69 Å². The second-order valence-electron chi connectivity index (χ2n) is 6.05. The van der Waals surface area contributed by atoms with Gasteiger partial charge in [0.15, 0.2) is 0 Å². The van der Waals surface area contributed by atoms with Crippen molar-refractivity contribution in [2.75, 3.05) is 20.3 Å². The van der Waals surface area contributed by atoms with Crippen molar-refractivity contribution in [3.8, 4) is 11.4 Å². The Hall–Kier alpha value is -2.51. The molecule has 1 fully saturated rings. The topological polar surface area (TPSA) is 92.9 Å². The van der Waals surface area contributed by atoms with Crippen LogP contribution in [-0.4, -0.2) is 40.3 Å². The molecule has 0 radical (unpaired) electrons. The minimum absolute atomic E-state index is 0.251. The third kappa shape index (κ3) is 2.24. The van der Waals surface area contributed by atoms with Crippen molar-refractivity contribution in [2.45, 2.75) is 18.9 Å². The van der Waals surface area contributed by atoms with Crippen molar-refractivity contribution >= 4 is 11.0 Å². The summed E-state index contributed by atoms with van der Waals surface area (Å²) in [4.78, 5) is 26.0. The Labute approximate surface area is 138 Å². The molecule has 2 N–H and O–H groups in total. The fraction of sp³-hybridized carbons (Fsp3) is 0.353. The zero-order chi connectivity index (χ0) is 16.7. The maximum Gasteiger partial charge on any atom is 0.323 e. The molecule has 1 aliphatic rings. The molecule has 7 nitrogen and oxygen atoms in total. The highest BCUT2D eigenvalue weighted by molar-refractivity contribution is 5.78. The molecule has 124 valence electrons. The number of H-pyrrole nitrogens is 2. The molecule has 7 heteroatoms. The molecule has 4 rings (SSSR count). The highest BCUT2D eigenvalue weighted by Gasteiger charge is 2.40. The summed E-state index contributed by atoms with van der Waals surface area (Å²) in [6.45, 7) is 3.18. The highest BCUT2D eigenvalue weighted by atomic mass is 16.5. The van der Waals surface area contributed by atoms with Crippen LogP contribution in [0.15, 0.2) is 29.3 Å². The lowest BCUT2D eigenvalue weighted by atomic mass is 9.87. The molecule has 1 aliphatic heterocycles. The summed E-state index contributed by atoms with van der Waals surface area (Å²) in [5, 5.41) is 0. The minimum Gasteiger partial charge on any atom is -0.378 e. The smallest absolute Gasteiger partial charge is 0.323 e. The predicted octanol–water partition coefficient (Wildman–Crippen LogP) is 1.88. The zero-order valence-electron chi connectivity index (χ0n) is 13.5. The molecule has 4 heterocycles. The Balaban J connectivity index is 1.94. The van der Waals surface area contributed by atoms with Gasteiger partial charge in [-0.25, -0.2) is 4.79 Å². The number of imidazole rings is 1. The van der Waals surface area contributed by atoms with Crippen LogP contribution in [0, 0.1) is 6.92 Å². The molecule has 1 saturated heterocycles. The predicted molar refractivity (Wildman–Crippen MR) is 88.8 cm³/mol. The maximum absolute atomic E-state index is 11.5. The second-order valence-corrected chi connectivity index (χ2v) is 6.05. The van der Waals surface area contributed by atoms with Gasteiger partial charge in [0.1, 0.15) is 5.60 Å². The van der Waals surface area contributed by atoms with Crippen molar-refractivity contribution in [2.24, 2.45) is 0 Å². The van der Waals surface area contributed by atoms with E-state index in [-0.39, 0.29) is 5.69 Å². The van der Waals surface area contributed by atoms with Gasteiger partial charge in [-0.1, -0.05) is 0 Å². The SMILES string of the molecule is COC1(c2c(C)ccnc2-c2cc3[nH]c(=O)[nH]c3cn2)CCOC1. The summed E-state index contributed by atoms with van der Waals surface area (Å²) in [6, 6.07) is 3.80. The monoisotopic (exact) mass is 326 g/mol. The number of hydrogen-bond donors (Lipinski definition) is 2. The Bertz CT molecular complexity index is 954. The van der Waals surface area contributed by atoms with E-state index in [9.17, 15) is 4.79 Å². The number of hydrogen-bond acceptors (Lipinski definition) is 5. The molecular formula is C17H18N4O3. The van der Waals surface area contributed by atoms with Gasteiger partial charge in [0.25, 0.3) is 0 Å². The Morgan fingerprint density at radius 3 is 2.88 bits per heavy atom. The first-order valence-electron chi connectivity index (χ1n) is 7.80. The van der Waals surface area contributed by atoms with Gasteiger partial charge in [0.2, 0.25) is 0 Å². The summed E-state index contributed by atoms with van der Waals surface area (Å²) < 4.78 is 11.5. The number of pyridine rings is 2. The highest BCUT2D eigenvalue weighted by Crippen LogP contribution is 2.40. The van der Waals surface area contributed by atoms with Gasteiger partial charge in [0, 0.05) is 31.9 Å². The first-order valence-corrected chi connectivity index (χ1v) is 7.80. The molecular weight excluding hydrogens is 308 g/mol. The standard InChI is InChI=1S/C17H18N4O3/c1-10-3-5-18-15(14(10)17(23-2)4-6-24-9-17)12-7-11-13(8-19-12)21-16(22)20-11/h3,5,7-8H,4,6,9H2,1-2H3,(H2,20,21,22). The number of aromatic nitrogens is 4. The van der Waals surface area contributed by atoms with Crippen LogP contribution < -0.4 is 5.69 Å². The second kappa shape index (κ2) is 5.54. The van der Waals surface area contributed by atoms with E-state index in [0.29, 0.717) is 29.9 Å². The van der Waals surface area contributed by atoms with Crippen molar-refractivity contribution in [1.29, 1.82) is 0 Å². The Morgan fingerprint density at radius 1 is 1.29 bits per heavy atom. The number of rotatable bonds is 3. The van der Waals surface area contributed by atoms with Crippen molar-refractivity contribution in [3.63, 3.8) is 0 Å². The number of ether oxygens (including phenoxy) is 2. The van der Waals surface area contributed by atoms with E-state index in [1.807, 2.05) is 19.1 Å². The van der Waals surface area contributed by atoms with E-state index in [2.05, 4.69) is 19.9 Å². The van der Waals surface area contributed by atoms with Crippen LogP contribution in [-0.2, 0) is 15.1 Å². The van der Waals surface area contributed by atoms with Crippen LogP contribution in [0.1, 0.15) is 17.5 Å². The van der Waals surface area contributed by atoms with E-state index < -0.39 is 5.60 Å². The average molecular weight is 326 g/mol. The molecule has 0 saturated carbocycles. The molecule has 0 aliphatic carbocycles. The summed E-state index contributed by atoms with van der Waals surface area (Å²) in [5.74, 6) is 0. The van der Waals surface area contributed by atoms with Gasteiger partial charge in [-0.2, -0.15) is 0 Å². The first kappa shape index (κ1) is 15.0. The molecule has 0 aromatic carbocycles. The lowest BCUT2D eigenvalue weighted by Crippen LogP contribution is -2.31. The van der Waals surface area contributed by atoms with Crippen molar-refractivity contribution < 1.29 is 9.47 Å². The van der Waals surface area contributed by atoms with E-state index >= 15 is 0 Å². The largest absolute Gasteiger partial charge is 0.378 e. The van der Waals surface area contributed by atoms with E-state index in [0.717, 1.165) is 23.2 Å². The fourth-order valence-electron chi connectivity index (χ4n) is 3.40. The molecule has 3 aromatic heterocycles. The molecule has 24 heavy (non-hydrogen) atoms. The van der Waals surface area contributed by atoms with Crippen molar-refractivity contribution in [1.82, 2.24) is 19.9 Å². The van der Waals surface area contributed by atoms with Crippen molar-refractivity contribution in [3.05, 3.63) is 46.1 Å². The van der Waals surface area contributed by atoms with Gasteiger partial charge < -0.3 is 19.4 Å². The summed E-state index contributed by atoms with van der Waals surface area (Å²) in [7, 11) is 1.70. The van der Waals surface area contributed by atoms with Gasteiger partial charge in [-0.05, 0) is 24.6 Å². The van der Waals surface area contributed by atoms with Crippen LogP contribution in [0.5, 0.6) is 0 Å². The summed E-state index contributed by atoms with van der Waals surface area (Å²) in [6.07, 6.45) is 4.17. The quantitative estimate of drug-likeness (QED) is 0.766. The van der Waals surface area contributed by atoms with Gasteiger partial charge in [-0.3, -0.25) is 9.97 Å². The fourth-order valence-corrected chi connectivity index (χ4v) is 3.40. The van der Waals surface area contributed by atoms with E-state index in [1.54, 1.807) is 19.5 Å². The summed E-state index contributed by atoms with van der Waals surface area (Å²) >= 11 is 0. The molecule has 1 atom stereocenters. The molecule has 3 aromatic rings. The number of nitrogens with zero attached hydrogens (tertiary/aromatic N) is 2. The van der Waals surface area contributed by atoms with E-state index in [4.69, 9.17) is 9.47 Å². The number of aromatic amines is 2. The Morgan fingerprint density at radius 2 is 2.12 bits per heavy atom. The third-order valence-corrected chi connectivity index (χ3v) is 4.63. The van der Waals surface area contributed by atoms with Crippen LogP contribution in [0.25, 0.3) is 22.4 Å². The maximum atomic E-state index is 11.5. The van der Waals surface area contributed by atoms with E-state index in [1.165, 1.54) is 0 Å². The molecule has 0 amide bonds. The van der Waals surface area contributed by atoms with Crippen LogP contribution in [0.4, 0.5) is 0 Å². The van der Waals surface area contributed by atoms with Crippen LogP contribution >= 0.6 is 0 Å². The minimum atomic E-state index is -0.518. The lowest BCUT2D eigenvalue weighted by molar-refractivity contribution is -0.0215. The Kier molecular flexibility index (Phi) is 3.47. The lowest BCUT2D eigenvalue weighted by Gasteiger charge is -2.29. The van der Waals surface area contributed by atoms with Crippen LogP contribution in [0.2, 0.25) is 0 Å².